The van der Waals surface area contributed by atoms with E-state index in [0.717, 1.165) is 18.4 Å². The van der Waals surface area contributed by atoms with Gasteiger partial charge in [-0.05, 0) is 42.1 Å². The minimum Gasteiger partial charge on any atom is -0.458 e. The van der Waals surface area contributed by atoms with Gasteiger partial charge < -0.3 is 15.5 Å². The number of aromatic nitrogens is 1. The summed E-state index contributed by atoms with van der Waals surface area (Å²) in [6.07, 6.45) is 4.03. The molecule has 0 saturated heterocycles. The van der Waals surface area contributed by atoms with E-state index in [1.165, 1.54) is 0 Å². The van der Waals surface area contributed by atoms with Crippen molar-refractivity contribution >= 4 is 11.8 Å². The molecule has 0 amide bonds. The van der Waals surface area contributed by atoms with Gasteiger partial charge in [-0.25, -0.2) is 4.79 Å². The molecule has 3 N–H and O–H groups in total. The molecule has 0 aromatic carbocycles. The molecule has 1 aromatic rings. The van der Waals surface area contributed by atoms with Gasteiger partial charge in [0.1, 0.15) is 17.5 Å². The van der Waals surface area contributed by atoms with Crippen molar-refractivity contribution in [2.75, 3.05) is 5.73 Å². The molecule has 1 aliphatic rings. The van der Waals surface area contributed by atoms with Crippen molar-refractivity contribution in [3.05, 3.63) is 17.3 Å². The van der Waals surface area contributed by atoms with Crippen molar-refractivity contribution in [3.8, 4) is 0 Å². The summed E-state index contributed by atoms with van der Waals surface area (Å²) in [5, 5.41) is 0. The smallest absolute Gasteiger partial charge is 0.342 e. The molecule has 2 rings (SSSR count). The van der Waals surface area contributed by atoms with E-state index in [-0.39, 0.29) is 18.0 Å². The number of carbonyl (C=O) groups excluding carboxylic acids is 1. The highest BCUT2D eigenvalue weighted by Gasteiger charge is 2.35. The first-order chi connectivity index (χ1) is 9.81. The maximum atomic E-state index is 12.6. The second-order valence-corrected chi connectivity index (χ2v) is 7.09. The zero-order chi connectivity index (χ0) is 15.7. The molecular formula is C17H28N2O2. The van der Waals surface area contributed by atoms with Gasteiger partial charge >= 0.3 is 5.97 Å². The minimum absolute atomic E-state index is 0.0111. The molecule has 1 fully saturated rings. The van der Waals surface area contributed by atoms with Gasteiger partial charge in [-0.3, -0.25) is 0 Å². The number of aromatic amines is 1. The van der Waals surface area contributed by atoms with Gasteiger partial charge in [-0.2, -0.15) is 0 Å². The zero-order valence-electron chi connectivity index (χ0n) is 13.8. The zero-order valence-corrected chi connectivity index (χ0v) is 13.8. The molecule has 0 bridgehead atoms. The summed E-state index contributed by atoms with van der Waals surface area (Å²) >= 11 is 0. The molecule has 0 spiro atoms. The van der Waals surface area contributed by atoms with E-state index < -0.39 is 0 Å². The third-order valence-corrected chi connectivity index (χ3v) is 4.68. The Labute approximate surface area is 127 Å². The lowest BCUT2D eigenvalue weighted by molar-refractivity contribution is -0.0252. The highest BCUT2D eigenvalue weighted by atomic mass is 16.5. The number of nitrogens with two attached hydrogens (primary N) is 1. The Morgan fingerprint density at radius 1 is 1.29 bits per heavy atom. The largest absolute Gasteiger partial charge is 0.458 e. The summed E-state index contributed by atoms with van der Waals surface area (Å²) in [7, 11) is 0. The standard InChI is InChI=1S/C17H28N2O2/c1-9(2)13-8-19-16(18)14(13)17(20)21-15-11(4)6-10(3)7-12(15)5/h8-12,15,19H,6-7,18H2,1-5H3. The van der Waals surface area contributed by atoms with Crippen molar-refractivity contribution in [2.24, 2.45) is 17.8 Å². The Balaban J connectivity index is 2.16. The van der Waals surface area contributed by atoms with E-state index in [2.05, 4.69) is 25.8 Å². The first-order valence-electron chi connectivity index (χ1n) is 7.99. The number of esters is 1. The van der Waals surface area contributed by atoms with Crippen LogP contribution in [0.2, 0.25) is 0 Å². The van der Waals surface area contributed by atoms with Gasteiger partial charge in [0.25, 0.3) is 0 Å². The SMILES string of the molecule is CC1CC(C)C(OC(=O)c2c(C(C)C)c[nH]c2N)C(C)C1. The predicted molar refractivity (Wildman–Crippen MR) is 85.2 cm³/mol. The van der Waals surface area contributed by atoms with Crippen molar-refractivity contribution < 1.29 is 9.53 Å². The molecular weight excluding hydrogens is 264 g/mol. The van der Waals surface area contributed by atoms with Gasteiger partial charge in [-0.1, -0.05) is 34.6 Å². The molecule has 21 heavy (non-hydrogen) atoms. The first-order valence-corrected chi connectivity index (χ1v) is 7.99. The van der Waals surface area contributed by atoms with E-state index in [0.29, 0.717) is 29.1 Å². The minimum atomic E-state index is -0.282. The van der Waals surface area contributed by atoms with Crippen LogP contribution < -0.4 is 5.73 Å². The number of nitrogen functional groups attached to an aromatic ring is 1. The maximum absolute atomic E-state index is 12.6. The second-order valence-electron chi connectivity index (χ2n) is 7.09. The quantitative estimate of drug-likeness (QED) is 0.829. The van der Waals surface area contributed by atoms with Crippen LogP contribution >= 0.6 is 0 Å². The van der Waals surface area contributed by atoms with Crippen LogP contribution in [0.5, 0.6) is 0 Å². The van der Waals surface area contributed by atoms with Gasteiger partial charge in [-0.15, -0.1) is 0 Å². The molecule has 0 radical (unpaired) electrons. The molecule has 2 unspecified atom stereocenters. The highest BCUT2D eigenvalue weighted by molar-refractivity contribution is 5.96. The molecule has 4 nitrogen and oxygen atoms in total. The van der Waals surface area contributed by atoms with Crippen LogP contribution in [0.1, 0.15) is 69.3 Å². The van der Waals surface area contributed by atoms with Crippen LogP contribution in [-0.2, 0) is 4.74 Å². The van der Waals surface area contributed by atoms with E-state index in [1.54, 1.807) is 0 Å². The lowest BCUT2D eigenvalue weighted by atomic mass is 9.75. The average Bonchev–Trinajstić information content (AvgIpc) is 2.75. The van der Waals surface area contributed by atoms with Crippen molar-refractivity contribution in [2.45, 2.75) is 59.5 Å². The Bertz CT molecular complexity index is 495. The number of anilines is 1. The number of ether oxygens (including phenoxy) is 1. The summed E-state index contributed by atoms with van der Waals surface area (Å²) in [5.41, 5.74) is 7.37. The second kappa shape index (κ2) is 6.12. The monoisotopic (exact) mass is 292 g/mol. The lowest BCUT2D eigenvalue weighted by Crippen LogP contribution is -2.37. The molecule has 1 aromatic heterocycles. The average molecular weight is 292 g/mol. The van der Waals surface area contributed by atoms with Crippen LogP contribution in [0.3, 0.4) is 0 Å². The molecule has 1 saturated carbocycles. The van der Waals surface area contributed by atoms with Gasteiger partial charge in [0.15, 0.2) is 0 Å². The van der Waals surface area contributed by atoms with Crippen LogP contribution in [0.15, 0.2) is 6.20 Å². The number of hydrogen-bond donors (Lipinski definition) is 2. The van der Waals surface area contributed by atoms with Gasteiger partial charge in [0.05, 0.1) is 0 Å². The number of nitrogens with one attached hydrogen (secondary N) is 1. The molecule has 2 atom stereocenters. The summed E-state index contributed by atoms with van der Waals surface area (Å²) in [6.45, 7) is 10.7. The van der Waals surface area contributed by atoms with Crippen molar-refractivity contribution in [3.63, 3.8) is 0 Å². The summed E-state index contributed by atoms with van der Waals surface area (Å²) < 4.78 is 5.84. The topological polar surface area (TPSA) is 68.1 Å². The van der Waals surface area contributed by atoms with Gasteiger partial charge in [0, 0.05) is 6.20 Å². The van der Waals surface area contributed by atoms with Crippen molar-refractivity contribution in [1.82, 2.24) is 4.98 Å². The van der Waals surface area contributed by atoms with E-state index in [4.69, 9.17) is 10.5 Å². The summed E-state index contributed by atoms with van der Waals surface area (Å²) in [4.78, 5) is 15.5. The number of rotatable bonds is 3. The van der Waals surface area contributed by atoms with Crippen molar-refractivity contribution in [1.29, 1.82) is 0 Å². The van der Waals surface area contributed by atoms with E-state index in [1.807, 2.05) is 20.0 Å². The van der Waals surface area contributed by atoms with Crippen LogP contribution in [0.25, 0.3) is 0 Å². The third-order valence-electron chi connectivity index (χ3n) is 4.68. The third kappa shape index (κ3) is 3.25. The number of H-pyrrole nitrogens is 1. The van der Waals surface area contributed by atoms with E-state index >= 15 is 0 Å². The fourth-order valence-electron chi connectivity index (χ4n) is 3.75. The first kappa shape index (κ1) is 15.9. The molecule has 118 valence electrons. The van der Waals surface area contributed by atoms with Crippen LogP contribution in [-0.4, -0.2) is 17.1 Å². The Morgan fingerprint density at radius 2 is 1.86 bits per heavy atom. The van der Waals surface area contributed by atoms with Crippen LogP contribution in [0.4, 0.5) is 5.82 Å². The number of hydrogen-bond acceptors (Lipinski definition) is 3. The lowest BCUT2D eigenvalue weighted by Gasteiger charge is -2.37. The van der Waals surface area contributed by atoms with E-state index in [9.17, 15) is 4.79 Å². The highest BCUT2D eigenvalue weighted by Crippen LogP contribution is 2.36. The molecule has 1 aliphatic carbocycles. The normalized spacial score (nSPS) is 29.6. The molecule has 0 aliphatic heterocycles. The predicted octanol–water partition coefficient (Wildman–Crippen LogP) is 3.95. The Kier molecular flexibility index (Phi) is 4.64. The maximum Gasteiger partial charge on any atom is 0.342 e. The van der Waals surface area contributed by atoms with Gasteiger partial charge in [0.2, 0.25) is 0 Å². The fourth-order valence-corrected chi connectivity index (χ4v) is 3.75. The Morgan fingerprint density at radius 3 is 2.38 bits per heavy atom. The number of carbonyl (C=O) groups is 1. The molecule has 4 heteroatoms. The summed E-state index contributed by atoms with van der Waals surface area (Å²) in [6, 6.07) is 0. The summed E-state index contributed by atoms with van der Waals surface area (Å²) in [5.74, 6) is 1.87. The van der Waals surface area contributed by atoms with Crippen LogP contribution in [0, 0.1) is 17.8 Å². The molecule has 1 heterocycles. The Hall–Kier alpha value is -1.45. The fraction of sp³-hybridized carbons (Fsp3) is 0.706.